The van der Waals surface area contributed by atoms with Crippen molar-refractivity contribution in [2.24, 2.45) is 5.73 Å². The standard InChI is InChI=1S/C13H16N2O4/c1-7(6-14)10-8-2-4-19-13(8)11(15(16)17)9-3-5-18-12(9)10/h7H,2-6,14H2,1H3. The Labute approximate surface area is 110 Å². The predicted molar refractivity (Wildman–Crippen MR) is 69.0 cm³/mol. The van der Waals surface area contributed by atoms with Crippen LogP contribution in [0.5, 0.6) is 11.5 Å². The molecule has 0 radical (unpaired) electrons. The van der Waals surface area contributed by atoms with Crippen LogP contribution in [-0.4, -0.2) is 24.7 Å². The van der Waals surface area contributed by atoms with E-state index in [1.54, 1.807) is 0 Å². The van der Waals surface area contributed by atoms with Crippen LogP contribution in [0.2, 0.25) is 0 Å². The van der Waals surface area contributed by atoms with Gasteiger partial charge in [0.25, 0.3) is 0 Å². The van der Waals surface area contributed by atoms with E-state index in [1.807, 2.05) is 6.92 Å². The summed E-state index contributed by atoms with van der Waals surface area (Å²) in [6, 6.07) is 0. The second-order valence-corrected chi connectivity index (χ2v) is 4.97. The maximum absolute atomic E-state index is 11.3. The Kier molecular flexibility index (Phi) is 2.82. The van der Waals surface area contributed by atoms with Gasteiger partial charge in [-0.25, -0.2) is 0 Å². The molecule has 0 fully saturated rings. The zero-order valence-electron chi connectivity index (χ0n) is 10.8. The van der Waals surface area contributed by atoms with Gasteiger partial charge in [0.1, 0.15) is 5.75 Å². The maximum atomic E-state index is 11.3. The van der Waals surface area contributed by atoms with Crippen molar-refractivity contribution in [2.75, 3.05) is 19.8 Å². The largest absolute Gasteiger partial charge is 0.492 e. The molecule has 2 N–H and O–H groups in total. The zero-order chi connectivity index (χ0) is 13.6. The molecule has 19 heavy (non-hydrogen) atoms. The third-order valence-electron chi connectivity index (χ3n) is 3.84. The number of nitro groups is 1. The SMILES string of the molecule is CC(CN)c1c2c(c([N+](=O)[O-])c3c1OCC3)OCC2. The van der Waals surface area contributed by atoms with Crippen LogP contribution in [0.3, 0.4) is 0 Å². The monoisotopic (exact) mass is 264 g/mol. The van der Waals surface area contributed by atoms with E-state index < -0.39 is 0 Å². The fourth-order valence-corrected chi connectivity index (χ4v) is 2.95. The van der Waals surface area contributed by atoms with E-state index in [9.17, 15) is 10.1 Å². The number of ether oxygens (including phenoxy) is 2. The minimum Gasteiger partial charge on any atom is -0.492 e. The lowest BCUT2D eigenvalue weighted by atomic mass is 9.90. The number of fused-ring (bicyclic) bond motifs is 2. The minimum atomic E-state index is -0.353. The second kappa shape index (κ2) is 4.38. The molecule has 3 rings (SSSR count). The third kappa shape index (κ3) is 1.67. The number of hydrogen-bond acceptors (Lipinski definition) is 5. The van der Waals surface area contributed by atoms with Gasteiger partial charge in [-0.15, -0.1) is 0 Å². The van der Waals surface area contributed by atoms with Crippen molar-refractivity contribution in [1.82, 2.24) is 0 Å². The van der Waals surface area contributed by atoms with E-state index in [0.29, 0.717) is 49.7 Å². The molecule has 0 aliphatic carbocycles. The van der Waals surface area contributed by atoms with Crippen molar-refractivity contribution in [3.05, 3.63) is 26.8 Å². The number of nitro benzene ring substituents is 1. The van der Waals surface area contributed by atoms with E-state index in [-0.39, 0.29) is 16.5 Å². The molecule has 0 saturated carbocycles. The molecule has 2 aliphatic heterocycles. The molecule has 0 amide bonds. The molecular formula is C13H16N2O4. The number of benzene rings is 1. The number of nitrogens with zero attached hydrogens (tertiary/aromatic N) is 1. The van der Waals surface area contributed by atoms with E-state index in [1.165, 1.54) is 0 Å². The average Bonchev–Trinajstić information content (AvgIpc) is 3.02. The van der Waals surface area contributed by atoms with Gasteiger partial charge in [-0.2, -0.15) is 0 Å². The van der Waals surface area contributed by atoms with E-state index >= 15 is 0 Å². The first-order valence-corrected chi connectivity index (χ1v) is 6.46. The van der Waals surface area contributed by atoms with Crippen LogP contribution in [0, 0.1) is 10.1 Å². The van der Waals surface area contributed by atoms with Gasteiger partial charge in [0.15, 0.2) is 0 Å². The smallest absolute Gasteiger partial charge is 0.318 e. The molecule has 6 heteroatoms. The normalized spacial score (nSPS) is 17.4. The van der Waals surface area contributed by atoms with Crippen molar-refractivity contribution < 1.29 is 14.4 Å². The van der Waals surface area contributed by atoms with Crippen LogP contribution < -0.4 is 15.2 Å². The fraction of sp³-hybridized carbons (Fsp3) is 0.538. The lowest BCUT2D eigenvalue weighted by Crippen LogP contribution is -2.12. The van der Waals surface area contributed by atoms with E-state index in [2.05, 4.69) is 0 Å². The molecule has 0 bridgehead atoms. The molecule has 6 nitrogen and oxygen atoms in total. The van der Waals surface area contributed by atoms with Crippen LogP contribution in [-0.2, 0) is 12.8 Å². The number of hydrogen-bond donors (Lipinski definition) is 1. The number of nitrogens with two attached hydrogens (primary N) is 1. The van der Waals surface area contributed by atoms with Gasteiger partial charge in [-0.05, 0) is 12.5 Å². The molecule has 2 heterocycles. The minimum absolute atomic E-state index is 0.0907. The van der Waals surface area contributed by atoms with E-state index in [0.717, 1.165) is 11.1 Å². The predicted octanol–water partition coefficient (Wildman–Crippen LogP) is 1.53. The summed E-state index contributed by atoms with van der Waals surface area (Å²) in [5, 5.41) is 11.3. The van der Waals surface area contributed by atoms with Crippen LogP contribution in [0.1, 0.15) is 29.5 Å². The molecule has 1 unspecified atom stereocenters. The summed E-state index contributed by atoms with van der Waals surface area (Å²) in [5.74, 6) is 1.22. The summed E-state index contributed by atoms with van der Waals surface area (Å²) in [6.07, 6.45) is 1.25. The molecule has 0 aromatic heterocycles. The summed E-state index contributed by atoms with van der Waals surface area (Å²) in [4.78, 5) is 11.0. The Morgan fingerprint density at radius 3 is 2.53 bits per heavy atom. The lowest BCUT2D eigenvalue weighted by Gasteiger charge is -2.17. The molecule has 102 valence electrons. The highest BCUT2D eigenvalue weighted by Crippen LogP contribution is 2.50. The Bertz CT molecular complexity index is 521. The van der Waals surface area contributed by atoms with Crippen molar-refractivity contribution in [1.29, 1.82) is 0 Å². The highest BCUT2D eigenvalue weighted by molar-refractivity contribution is 5.69. The van der Waals surface area contributed by atoms with Gasteiger partial charge >= 0.3 is 5.69 Å². The third-order valence-corrected chi connectivity index (χ3v) is 3.84. The van der Waals surface area contributed by atoms with Crippen LogP contribution in [0.4, 0.5) is 5.69 Å². The van der Waals surface area contributed by atoms with Crippen molar-refractivity contribution in [3.63, 3.8) is 0 Å². The van der Waals surface area contributed by atoms with Crippen molar-refractivity contribution in [3.8, 4) is 11.5 Å². The summed E-state index contributed by atoms with van der Waals surface area (Å²) in [7, 11) is 0. The quantitative estimate of drug-likeness (QED) is 0.660. The van der Waals surface area contributed by atoms with Gasteiger partial charge in [0, 0.05) is 24.0 Å². The first-order valence-electron chi connectivity index (χ1n) is 6.46. The molecule has 1 atom stereocenters. The Hall–Kier alpha value is -1.82. The molecule has 0 saturated heterocycles. The zero-order valence-corrected chi connectivity index (χ0v) is 10.8. The summed E-state index contributed by atoms with van der Waals surface area (Å²) in [6.45, 7) is 3.48. The molecule has 1 aromatic rings. The summed E-state index contributed by atoms with van der Waals surface area (Å²) < 4.78 is 11.2. The average molecular weight is 264 g/mol. The number of rotatable bonds is 3. The molecule has 2 aliphatic rings. The Balaban J connectivity index is 2.31. The van der Waals surface area contributed by atoms with Gasteiger partial charge in [0.05, 0.1) is 23.7 Å². The molecule has 0 spiro atoms. The highest BCUT2D eigenvalue weighted by Gasteiger charge is 2.38. The topological polar surface area (TPSA) is 87.6 Å². The van der Waals surface area contributed by atoms with Gasteiger partial charge < -0.3 is 15.2 Å². The van der Waals surface area contributed by atoms with Crippen molar-refractivity contribution in [2.45, 2.75) is 25.7 Å². The second-order valence-electron chi connectivity index (χ2n) is 4.97. The molecular weight excluding hydrogens is 248 g/mol. The van der Waals surface area contributed by atoms with E-state index in [4.69, 9.17) is 15.2 Å². The summed E-state index contributed by atoms with van der Waals surface area (Å²) in [5.41, 5.74) is 8.43. The first-order chi connectivity index (χ1) is 9.15. The summed E-state index contributed by atoms with van der Waals surface area (Å²) >= 11 is 0. The first kappa shape index (κ1) is 12.2. The highest BCUT2D eigenvalue weighted by atomic mass is 16.6. The lowest BCUT2D eigenvalue weighted by molar-refractivity contribution is -0.386. The Morgan fingerprint density at radius 2 is 1.89 bits per heavy atom. The van der Waals surface area contributed by atoms with Gasteiger partial charge in [0.2, 0.25) is 5.75 Å². The fourth-order valence-electron chi connectivity index (χ4n) is 2.95. The van der Waals surface area contributed by atoms with Gasteiger partial charge in [-0.3, -0.25) is 10.1 Å². The maximum Gasteiger partial charge on any atom is 0.318 e. The van der Waals surface area contributed by atoms with Crippen LogP contribution in [0.15, 0.2) is 0 Å². The van der Waals surface area contributed by atoms with Crippen molar-refractivity contribution >= 4 is 5.69 Å². The van der Waals surface area contributed by atoms with Gasteiger partial charge in [-0.1, -0.05) is 6.92 Å². The molecule has 1 aromatic carbocycles. The van der Waals surface area contributed by atoms with Crippen LogP contribution >= 0.6 is 0 Å². The Morgan fingerprint density at radius 1 is 1.26 bits per heavy atom. The van der Waals surface area contributed by atoms with Crippen LogP contribution in [0.25, 0.3) is 0 Å².